The summed E-state index contributed by atoms with van der Waals surface area (Å²) < 4.78 is 1.06. The molecule has 21 heavy (non-hydrogen) atoms. The van der Waals surface area contributed by atoms with Gasteiger partial charge in [-0.05, 0) is 72.1 Å². The van der Waals surface area contributed by atoms with Gasteiger partial charge in [0.1, 0.15) is 0 Å². The van der Waals surface area contributed by atoms with E-state index >= 15 is 0 Å². The van der Waals surface area contributed by atoms with Crippen LogP contribution < -0.4 is 5.32 Å². The fourth-order valence-electron chi connectivity index (χ4n) is 3.30. The summed E-state index contributed by atoms with van der Waals surface area (Å²) in [6, 6.07) is 12.0. The van der Waals surface area contributed by atoms with Gasteiger partial charge in [-0.25, -0.2) is 0 Å². The highest BCUT2D eigenvalue weighted by atomic mass is 79.9. The molecule has 0 saturated heterocycles. The van der Waals surface area contributed by atoms with Crippen LogP contribution in [-0.2, 0) is 0 Å². The first-order valence-electron chi connectivity index (χ1n) is 7.64. The van der Waals surface area contributed by atoms with Crippen LogP contribution in [0.5, 0.6) is 0 Å². The zero-order valence-electron chi connectivity index (χ0n) is 11.9. The molecule has 2 fully saturated rings. The number of carbonyl (C=O) groups excluding carboxylic acids is 1. The molecule has 3 heteroatoms. The van der Waals surface area contributed by atoms with Crippen molar-refractivity contribution in [2.24, 2.45) is 11.3 Å². The second kappa shape index (κ2) is 4.84. The number of hydrogen-bond acceptors (Lipinski definition) is 1. The predicted octanol–water partition coefficient (Wildman–Crippen LogP) is 4.52. The number of fused-ring (bicyclic) bond motifs is 1. The van der Waals surface area contributed by atoms with E-state index < -0.39 is 0 Å². The molecule has 1 amide bonds. The summed E-state index contributed by atoms with van der Waals surface area (Å²) in [7, 11) is 0. The number of rotatable bonds is 4. The number of benzene rings is 2. The number of carbonyl (C=O) groups is 1. The Morgan fingerprint density at radius 1 is 1.14 bits per heavy atom. The molecule has 2 aromatic carbocycles. The number of hydrogen-bond donors (Lipinski definition) is 1. The highest BCUT2D eigenvalue weighted by Gasteiger charge is 2.53. The monoisotopic (exact) mass is 343 g/mol. The molecular formula is C18H18BrNO. The average Bonchev–Trinajstić information content (AvgIpc) is 3.37. The van der Waals surface area contributed by atoms with Gasteiger partial charge in [0.05, 0.1) is 0 Å². The number of amides is 1. The molecule has 108 valence electrons. The van der Waals surface area contributed by atoms with E-state index in [-0.39, 0.29) is 5.91 Å². The van der Waals surface area contributed by atoms with Crippen LogP contribution in [0, 0.1) is 11.3 Å². The van der Waals surface area contributed by atoms with Crippen LogP contribution in [-0.4, -0.2) is 12.5 Å². The zero-order chi connectivity index (χ0) is 14.4. The van der Waals surface area contributed by atoms with Gasteiger partial charge < -0.3 is 5.32 Å². The minimum atomic E-state index is 0.0618. The fraction of sp³-hybridized carbons (Fsp3) is 0.389. The molecule has 2 aliphatic rings. The third-order valence-electron chi connectivity index (χ3n) is 5.00. The van der Waals surface area contributed by atoms with Crippen LogP contribution >= 0.6 is 15.9 Å². The molecule has 0 spiro atoms. The molecule has 4 rings (SSSR count). The van der Waals surface area contributed by atoms with Crippen LogP contribution in [0.2, 0.25) is 0 Å². The minimum Gasteiger partial charge on any atom is -0.351 e. The molecule has 0 bridgehead atoms. The first kappa shape index (κ1) is 13.3. The van der Waals surface area contributed by atoms with Crippen molar-refractivity contribution >= 4 is 32.6 Å². The first-order chi connectivity index (χ1) is 10.2. The van der Waals surface area contributed by atoms with Crippen LogP contribution in [0.4, 0.5) is 0 Å². The predicted molar refractivity (Wildman–Crippen MR) is 88.4 cm³/mol. The molecule has 0 heterocycles. The lowest BCUT2D eigenvalue weighted by Crippen LogP contribution is -2.31. The van der Waals surface area contributed by atoms with Gasteiger partial charge in [-0.1, -0.05) is 28.1 Å². The third-order valence-corrected chi connectivity index (χ3v) is 5.49. The quantitative estimate of drug-likeness (QED) is 0.868. The number of halogens is 1. The molecule has 2 aromatic rings. The van der Waals surface area contributed by atoms with Crippen molar-refractivity contribution in [1.29, 1.82) is 0 Å². The van der Waals surface area contributed by atoms with Gasteiger partial charge in [0.15, 0.2) is 0 Å². The van der Waals surface area contributed by atoms with E-state index in [1.807, 2.05) is 30.3 Å². The highest BCUT2D eigenvalue weighted by Crippen LogP contribution is 2.60. The summed E-state index contributed by atoms with van der Waals surface area (Å²) in [6.07, 6.45) is 5.31. The van der Waals surface area contributed by atoms with Gasteiger partial charge in [0, 0.05) is 16.6 Å². The smallest absolute Gasteiger partial charge is 0.251 e. The Kier molecular flexibility index (Phi) is 3.07. The summed E-state index contributed by atoms with van der Waals surface area (Å²) in [5, 5.41) is 5.41. The maximum atomic E-state index is 12.4. The second-order valence-electron chi connectivity index (χ2n) is 6.53. The Hall–Kier alpha value is -1.35. The molecule has 2 saturated carbocycles. The van der Waals surface area contributed by atoms with Gasteiger partial charge in [0.2, 0.25) is 0 Å². The van der Waals surface area contributed by atoms with E-state index in [2.05, 4.69) is 27.3 Å². The molecule has 2 nitrogen and oxygen atoms in total. The van der Waals surface area contributed by atoms with Crippen LogP contribution in [0.3, 0.4) is 0 Å². The SMILES string of the molecule is O=C(NCC1(C2CC2)CC1)c1ccc2cc(Br)ccc2c1. The standard InChI is InChI=1S/C18H18BrNO/c19-16-6-3-12-9-14(2-1-13(12)10-16)17(21)20-11-18(7-8-18)15-4-5-15/h1-3,6,9-10,15H,4-5,7-8,11H2,(H,20,21). The lowest BCUT2D eigenvalue weighted by atomic mass is 10.0. The van der Waals surface area contributed by atoms with E-state index in [1.165, 1.54) is 25.7 Å². The summed E-state index contributed by atoms with van der Waals surface area (Å²) in [6.45, 7) is 0.856. The molecular weight excluding hydrogens is 326 g/mol. The van der Waals surface area contributed by atoms with E-state index in [4.69, 9.17) is 0 Å². The molecule has 0 atom stereocenters. The second-order valence-corrected chi connectivity index (χ2v) is 7.44. The summed E-state index contributed by atoms with van der Waals surface area (Å²) in [5.74, 6) is 0.943. The summed E-state index contributed by atoms with van der Waals surface area (Å²) in [4.78, 5) is 12.4. The normalized spacial score (nSPS) is 19.5. The Labute approximate surface area is 133 Å². The van der Waals surface area contributed by atoms with Crippen molar-refractivity contribution in [3.8, 4) is 0 Å². The maximum Gasteiger partial charge on any atom is 0.251 e. The van der Waals surface area contributed by atoms with Crippen LogP contribution in [0.15, 0.2) is 40.9 Å². The van der Waals surface area contributed by atoms with Gasteiger partial charge in [-0.15, -0.1) is 0 Å². The zero-order valence-corrected chi connectivity index (χ0v) is 13.4. The highest BCUT2D eigenvalue weighted by molar-refractivity contribution is 9.10. The van der Waals surface area contributed by atoms with Crippen molar-refractivity contribution in [2.75, 3.05) is 6.54 Å². The molecule has 0 aliphatic heterocycles. The first-order valence-corrected chi connectivity index (χ1v) is 8.43. The van der Waals surface area contributed by atoms with E-state index in [0.29, 0.717) is 5.41 Å². The lowest BCUT2D eigenvalue weighted by Gasteiger charge is -2.15. The molecule has 0 unspecified atom stereocenters. The van der Waals surface area contributed by atoms with Crippen molar-refractivity contribution in [3.63, 3.8) is 0 Å². The third kappa shape index (κ3) is 2.59. The summed E-state index contributed by atoms with van der Waals surface area (Å²) >= 11 is 3.47. The van der Waals surface area contributed by atoms with Crippen LogP contribution in [0.1, 0.15) is 36.0 Å². The number of nitrogens with one attached hydrogen (secondary N) is 1. The Morgan fingerprint density at radius 2 is 1.86 bits per heavy atom. The molecule has 0 radical (unpaired) electrons. The van der Waals surface area contributed by atoms with E-state index in [1.54, 1.807) is 0 Å². The minimum absolute atomic E-state index is 0.0618. The molecule has 2 aliphatic carbocycles. The topological polar surface area (TPSA) is 29.1 Å². The van der Waals surface area contributed by atoms with Gasteiger partial charge in [0.25, 0.3) is 5.91 Å². The van der Waals surface area contributed by atoms with Crippen molar-refractivity contribution in [3.05, 3.63) is 46.4 Å². The summed E-state index contributed by atoms with van der Waals surface area (Å²) in [5.41, 5.74) is 1.22. The van der Waals surface area contributed by atoms with Crippen molar-refractivity contribution in [1.82, 2.24) is 5.32 Å². The van der Waals surface area contributed by atoms with Crippen molar-refractivity contribution < 1.29 is 4.79 Å². The van der Waals surface area contributed by atoms with Crippen LogP contribution in [0.25, 0.3) is 10.8 Å². The van der Waals surface area contributed by atoms with E-state index in [9.17, 15) is 4.79 Å². The molecule has 1 N–H and O–H groups in total. The van der Waals surface area contributed by atoms with E-state index in [0.717, 1.165) is 33.3 Å². The Bertz CT molecular complexity index is 716. The Morgan fingerprint density at radius 3 is 2.57 bits per heavy atom. The largest absolute Gasteiger partial charge is 0.351 e. The average molecular weight is 344 g/mol. The lowest BCUT2D eigenvalue weighted by molar-refractivity contribution is 0.0943. The van der Waals surface area contributed by atoms with Gasteiger partial charge in [-0.3, -0.25) is 4.79 Å². The van der Waals surface area contributed by atoms with Gasteiger partial charge >= 0.3 is 0 Å². The molecule has 0 aromatic heterocycles. The van der Waals surface area contributed by atoms with Gasteiger partial charge in [-0.2, -0.15) is 0 Å². The fourth-order valence-corrected chi connectivity index (χ4v) is 3.68. The maximum absolute atomic E-state index is 12.4. The van der Waals surface area contributed by atoms with Crippen molar-refractivity contribution in [2.45, 2.75) is 25.7 Å². The Balaban J connectivity index is 1.50.